The molecule has 0 aliphatic rings. The normalized spacial score (nSPS) is 10.4. The third kappa shape index (κ3) is 8.50. The maximum atomic E-state index is 11.6. The molecule has 0 rings (SSSR count). The molecule has 0 saturated carbocycles. The van der Waals surface area contributed by atoms with Crippen molar-refractivity contribution in [2.45, 2.75) is 20.8 Å². The fourth-order valence-corrected chi connectivity index (χ4v) is 1.30. The number of carbonyl (C=O) groups excluding carboxylic acids is 1. The number of aliphatic carboxylic acids is 1. The fourth-order valence-electron chi connectivity index (χ4n) is 1.30. The maximum absolute atomic E-state index is 11.6. The molecule has 0 aliphatic carbocycles. The minimum atomic E-state index is -1.01. The number of carboxylic acids is 1. The molecule has 0 aromatic rings. The lowest BCUT2D eigenvalue weighted by Crippen LogP contribution is -2.42. The van der Waals surface area contributed by atoms with E-state index in [0.29, 0.717) is 25.6 Å². The Hall–Kier alpha value is -1.30. The Morgan fingerprint density at radius 3 is 2.53 bits per heavy atom. The van der Waals surface area contributed by atoms with Crippen LogP contribution in [0.15, 0.2) is 0 Å². The van der Waals surface area contributed by atoms with Gasteiger partial charge in [-0.15, -0.1) is 0 Å². The van der Waals surface area contributed by atoms with Crippen molar-refractivity contribution in [2.75, 3.05) is 32.8 Å². The molecule has 0 atom stereocenters. The molecular formula is C11H22N2O4. The predicted molar refractivity (Wildman–Crippen MR) is 63.9 cm³/mol. The van der Waals surface area contributed by atoms with Gasteiger partial charge >= 0.3 is 12.0 Å². The Labute approximate surface area is 102 Å². The largest absolute Gasteiger partial charge is 0.480 e. The van der Waals surface area contributed by atoms with Crippen LogP contribution < -0.4 is 5.32 Å². The summed E-state index contributed by atoms with van der Waals surface area (Å²) in [6.07, 6.45) is 0. The van der Waals surface area contributed by atoms with Crippen LogP contribution in [0.2, 0.25) is 0 Å². The summed E-state index contributed by atoms with van der Waals surface area (Å²) in [4.78, 5) is 23.5. The van der Waals surface area contributed by atoms with E-state index in [-0.39, 0.29) is 19.2 Å². The van der Waals surface area contributed by atoms with Crippen LogP contribution in [0.25, 0.3) is 0 Å². The molecule has 0 radical (unpaired) electrons. The van der Waals surface area contributed by atoms with E-state index in [1.54, 1.807) is 4.90 Å². The summed E-state index contributed by atoms with van der Waals surface area (Å²) in [5, 5.41) is 11.0. The van der Waals surface area contributed by atoms with Crippen LogP contribution in [0.1, 0.15) is 20.8 Å². The van der Waals surface area contributed by atoms with Gasteiger partial charge < -0.3 is 20.1 Å². The van der Waals surface area contributed by atoms with Crippen LogP contribution in [-0.2, 0) is 9.53 Å². The summed E-state index contributed by atoms with van der Waals surface area (Å²) in [6.45, 7) is 7.57. The predicted octanol–water partition coefficient (Wildman–Crippen LogP) is 0.775. The van der Waals surface area contributed by atoms with Crippen LogP contribution in [0, 0.1) is 5.92 Å². The number of nitrogens with zero attached hydrogens (tertiary/aromatic N) is 1. The van der Waals surface area contributed by atoms with E-state index in [9.17, 15) is 9.59 Å². The summed E-state index contributed by atoms with van der Waals surface area (Å²) in [5.41, 5.74) is 0. The van der Waals surface area contributed by atoms with Gasteiger partial charge in [-0.25, -0.2) is 9.59 Å². The molecule has 6 nitrogen and oxygen atoms in total. The molecule has 2 N–H and O–H groups in total. The highest BCUT2D eigenvalue weighted by atomic mass is 16.5. The maximum Gasteiger partial charge on any atom is 0.329 e. The molecule has 0 bridgehead atoms. The molecule has 2 amide bonds. The molecule has 0 heterocycles. The Morgan fingerprint density at radius 1 is 1.41 bits per heavy atom. The van der Waals surface area contributed by atoms with E-state index < -0.39 is 5.97 Å². The highest BCUT2D eigenvalue weighted by Crippen LogP contribution is 1.98. The van der Waals surface area contributed by atoms with Gasteiger partial charge in [-0.1, -0.05) is 13.8 Å². The number of ether oxygens (including phenoxy) is 1. The van der Waals surface area contributed by atoms with Crippen LogP contribution >= 0.6 is 0 Å². The van der Waals surface area contributed by atoms with Gasteiger partial charge in [0.05, 0.1) is 6.61 Å². The Balaban J connectivity index is 3.72. The van der Waals surface area contributed by atoms with E-state index in [1.165, 1.54) is 0 Å². The van der Waals surface area contributed by atoms with Gasteiger partial charge in [-0.2, -0.15) is 0 Å². The number of rotatable bonds is 8. The van der Waals surface area contributed by atoms with Crippen LogP contribution in [0.4, 0.5) is 4.79 Å². The third-order valence-corrected chi connectivity index (χ3v) is 2.00. The lowest BCUT2D eigenvalue weighted by atomic mass is 10.2. The first-order chi connectivity index (χ1) is 7.97. The van der Waals surface area contributed by atoms with E-state index in [1.807, 2.05) is 20.8 Å². The summed E-state index contributed by atoms with van der Waals surface area (Å²) in [7, 11) is 0. The zero-order valence-corrected chi connectivity index (χ0v) is 10.7. The molecule has 6 heteroatoms. The third-order valence-electron chi connectivity index (χ3n) is 2.00. The summed E-state index contributed by atoms with van der Waals surface area (Å²) in [6, 6.07) is -0.139. The lowest BCUT2D eigenvalue weighted by Gasteiger charge is -2.23. The number of carbonyl (C=O) groups is 2. The zero-order chi connectivity index (χ0) is 13.3. The average molecular weight is 246 g/mol. The molecule has 0 unspecified atom stereocenters. The highest BCUT2D eigenvalue weighted by Gasteiger charge is 2.11. The first-order valence-electron chi connectivity index (χ1n) is 5.79. The summed E-state index contributed by atoms with van der Waals surface area (Å²) < 4.78 is 4.81. The molecule has 100 valence electrons. The number of hydrogen-bond acceptors (Lipinski definition) is 3. The van der Waals surface area contributed by atoms with E-state index >= 15 is 0 Å². The van der Waals surface area contributed by atoms with E-state index in [4.69, 9.17) is 9.84 Å². The molecule has 0 aromatic carbocycles. The molecular weight excluding hydrogens is 224 g/mol. The van der Waals surface area contributed by atoms with Crippen LogP contribution in [-0.4, -0.2) is 54.9 Å². The number of hydrogen-bond donors (Lipinski definition) is 2. The topological polar surface area (TPSA) is 78.9 Å². The second-order valence-electron chi connectivity index (χ2n) is 4.11. The molecule has 0 aliphatic heterocycles. The number of urea groups is 1. The van der Waals surface area contributed by atoms with Gasteiger partial charge in [0.25, 0.3) is 0 Å². The number of nitrogens with one attached hydrogen (secondary N) is 1. The quantitative estimate of drug-likeness (QED) is 0.620. The van der Waals surface area contributed by atoms with Crippen molar-refractivity contribution in [1.29, 1.82) is 0 Å². The zero-order valence-electron chi connectivity index (χ0n) is 10.7. The molecule has 0 fully saturated rings. The first kappa shape index (κ1) is 15.7. The minimum Gasteiger partial charge on any atom is -0.480 e. The number of carboxylic acid groups (broad SMARTS) is 1. The van der Waals surface area contributed by atoms with E-state index in [2.05, 4.69) is 5.32 Å². The van der Waals surface area contributed by atoms with Gasteiger partial charge in [-0.05, 0) is 12.8 Å². The minimum absolute atomic E-state index is 0.139. The van der Waals surface area contributed by atoms with Crippen LogP contribution in [0.5, 0.6) is 0 Å². The monoisotopic (exact) mass is 246 g/mol. The van der Waals surface area contributed by atoms with Crippen molar-refractivity contribution < 1.29 is 19.4 Å². The van der Waals surface area contributed by atoms with Gasteiger partial charge in [0.1, 0.15) is 6.61 Å². The smallest absolute Gasteiger partial charge is 0.329 e. The summed E-state index contributed by atoms with van der Waals surface area (Å²) in [5.74, 6) is -0.588. The standard InChI is InChI=1S/C11H22N2O4/c1-4-13(7-9(2)3)11(16)12-5-6-17-8-10(14)15/h9H,4-8H2,1-3H3,(H,12,16)(H,14,15). The molecule has 0 spiro atoms. The first-order valence-corrected chi connectivity index (χ1v) is 5.79. The number of amides is 2. The van der Waals surface area contributed by atoms with Gasteiger partial charge in [-0.3, -0.25) is 0 Å². The average Bonchev–Trinajstić information content (AvgIpc) is 2.24. The summed E-state index contributed by atoms with van der Waals surface area (Å²) >= 11 is 0. The SMILES string of the molecule is CCN(CC(C)C)C(=O)NCCOCC(=O)O. The molecule has 0 saturated heterocycles. The van der Waals surface area contributed by atoms with Gasteiger partial charge in [0.2, 0.25) is 0 Å². The second kappa shape index (κ2) is 8.81. The van der Waals surface area contributed by atoms with E-state index in [0.717, 1.165) is 0 Å². The lowest BCUT2D eigenvalue weighted by molar-refractivity contribution is -0.142. The Morgan fingerprint density at radius 2 is 2.06 bits per heavy atom. The van der Waals surface area contributed by atoms with Gasteiger partial charge in [0, 0.05) is 19.6 Å². The van der Waals surface area contributed by atoms with Crippen molar-refractivity contribution >= 4 is 12.0 Å². The van der Waals surface area contributed by atoms with Crippen molar-refractivity contribution in [2.24, 2.45) is 5.92 Å². The van der Waals surface area contributed by atoms with Crippen molar-refractivity contribution in [3.63, 3.8) is 0 Å². The highest BCUT2D eigenvalue weighted by molar-refractivity contribution is 5.74. The Kier molecular flexibility index (Phi) is 8.13. The van der Waals surface area contributed by atoms with Gasteiger partial charge in [0.15, 0.2) is 0 Å². The van der Waals surface area contributed by atoms with Crippen LogP contribution in [0.3, 0.4) is 0 Å². The molecule has 17 heavy (non-hydrogen) atoms. The molecule has 0 aromatic heterocycles. The van der Waals surface area contributed by atoms with Crippen molar-refractivity contribution in [1.82, 2.24) is 10.2 Å². The van der Waals surface area contributed by atoms with Crippen molar-refractivity contribution in [3.05, 3.63) is 0 Å². The second-order valence-corrected chi connectivity index (χ2v) is 4.11. The fraction of sp³-hybridized carbons (Fsp3) is 0.818. The van der Waals surface area contributed by atoms with Crippen molar-refractivity contribution in [3.8, 4) is 0 Å². The Bertz CT molecular complexity index is 244.